The van der Waals surface area contributed by atoms with Crippen molar-refractivity contribution in [1.82, 2.24) is 4.90 Å². The predicted octanol–water partition coefficient (Wildman–Crippen LogP) is -1.05. The summed E-state index contributed by atoms with van der Waals surface area (Å²) in [5.74, 6) is 0. The Bertz CT molecular complexity index is 142. The first-order valence-electron chi connectivity index (χ1n) is 5.93. The summed E-state index contributed by atoms with van der Waals surface area (Å²) >= 11 is 0. The molecule has 0 aromatic carbocycles. The first kappa shape index (κ1) is 16.8. The number of aliphatic hydroxyl groups is 2. The van der Waals surface area contributed by atoms with E-state index in [0.29, 0.717) is 52.7 Å². The number of ether oxygens (including phenoxy) is 3. The summed E-state index contributed by atoms with van der Waals surface area (Å²) < 4.78 is 15.4. The summed E-state index contributed by atoms with van der Waals surface area (Å²) in [4.78, 5) is 1.95. The zero-order chi connectivity index (χ0) is 12.8. The van der Waals surface area contributed by atoms with Gasteiger partial charge in [0, 0.05) is 26.7 Å². The van der Waals surface area contributed by atoms with E-state index in [1.54, 1.807) is 7.11 Å². The molecule has 0 aromatic rings. The van der Waals surface area contributed by atoms with E-state index in [1.165, 1.54) is 0 Å². The molecular formula is C11H25NO5. The maximum atomic E-state index is 8.79. The second kappa shape index (κ2) is 13.8. The molecule has 0 spiro atoms. The fraction of sp³-hybridized carbons (Fsp3) is 1.00. The summed E-state index contributed by atoms with van der Waals surface area (Å²) in [5, 5.41) is 17.6. The normalized spacial score (nSPS) is 11.3. The highest BCUT2D eigenvalue weighted by Gasteiger charge is 2.02. The van der Waals surface area contributed by atoms with Gasteiger partial charge in [-0.15, -0.1) is 0 Å². The minimum atomic E-state index is 0.0974. The van der Waals surface area contributed by atoms with Crippen LogP contribution >= 0.6 is 0 Å². The molecule has 0 saturated carbocycles. The van der Waals surface area contributed by atoms with Gasteiger partial charge in [-0.3, -0.25) is 4.90 Å². The van der Waals surface area contributed by atoms with Crippen LogP contribution < -0.4 is 0 Å². The van der Waals surface area contributed by atoms with Crippen molar-refractivity contribution in [2.45, 2.75) is 0 Å². The molecule has 104 valence electrons. The van der Waals surface area contributed by atoms with Gasteiger partial charge < -0.3 is 24.4 Å². The molecule has 17 heavy (non-hydrogen) atoms. The van der Waals surface area contributed by atoms with Crippen LogP contribution in [0.15, 0.2) is 0 Å². The molecular weight excluding hydrogens is 226 g/mol. The van der Waals surface area contributed by atoms with Crippen LogP contribution in [0.3, 0.4) is 0 Å². The highest BCUT2D eigenvalue weighted by molar-refractivity contribution is 4.55. The molecule has 0 aliphatic carbocycles. The molecule has 0 rings (SSSR count). The van der Waals surface area contributed by atoms with Crippen LogP contribution in [0.25, 0.3) is 0 Å². The monoisotopic (exact) mass is 251 g/mol. The van der Waals surface area contributed by atoms with Gasteiger partial charge in [0.2, 0.25) is 0 Å². The van der Waals surface area contributed by atoms with Crippen molar-refractivity contribution in [2.75, 3.05) is 73.0 Å². The summed E-state index contributed by atoms with van der Waals surface area (Å²) in [6.07, 6.45) is 0. The second-order valence-corrected chi connectivity index (χ2v) is 3.51. The molecule has 0 atom stereocenters. The van der Waals surface area contributed by atoms with Crippen molar-refractivity contribution in [2.24, 2.45) is 0 Å². The first-order chi connectivity index (χ1) is 8.35. The van der Waals surface area contributed by atoms with Gasteiger partial charge in [0.05, 0.1) is 46.2 Å². The van der Waals surface area contributed by atoms with Gasteiger partial charge in [-0.2, -0.15) is 0 Å². The van der Waals surface area contributed by atoms with Gasteiger partial charge in [0.15, 0.2) is 0 Å². The lowest BCUT2D eigenvalue weighted by Gasteiger charge is -2.19. The Morgan fingerprint density at radius 2 is 1.29 bits per heavy atom. The lowest BCUT2D eigenvalue weighted by molar-refractivity contribution is 0.0175. The van der Waals surface area contributed by atoms with Gasteiger partial charge in [0.1, 0.15) is 0 Å². The van der Waals surface area contributed by atoms with Crippen LogP contribution in [0.4, 0.5) is 0 Å². The smallest absolute Gasteiger partial charge is 0.0701 e. The highest BCUT2D eigenvalue weighted by Crippen LogP contribution is 1.88. The maximum absolute atomic E-state index is 8.79. The van der Waals surface area contributed by atoms with Crippen molar-refractivity contribution in [1.29, 1.82) is 0 Å². The van der Waals surface area contributed by atoms with E-state index in [2.05, 4.69) is 0 Å². The molecule has 2 N–H and O–H groups in total. The Morgan fingerprint density at radius 1 is 0.765 bits per heavy atom. The molecule has 6 heteroatoms. The van der Waals surface area contributed by atoms with Crippen LogP contribution in [-0.4, -0.2) is 88.1 Å². The van der Waals surface area contributed by atoms with Gasteiger partial charge >= 0.3 is 0 Å². The van der Waals surface area contributed by atoms with Crippen LogP contribution in [0.1, 0.15) is 0 Å². The van der Waals surface area contributed by atoms with E-state index < -0.39 is 0 Å². The lowest BCUT2D eigenvalue weighted by Crippen LogP contribution is -2.33. The Kier molecular flexibility index (Phi) is 13.6. The summed E-state index contributed by atoms with van der Waals surface area (Å²) in [5.41, 5.74) is 0. The Morgan fingerprint density at radius 3 is 1.82 bits per heavy atom. The largest absolute Gasteiger partial charge is 0.395 e. The fourth-order valence-corrected chi connectivity index (χ4v) is 1.28. The van der Waals surface area contributed by atoms with Crippen molar-refractivity contribution in [3.8, 4) is 0 Å². The van der Waals surface area contributed by atoms with E-state index in [0.717, 1.165) is 0 Å². The molecule has 0 heterocycles. The molecule has 0 bridgehead atoms. The minimum absolute atomic E-state index is 0.0974. The molecule has 0 saturated heterocycles. The van der Waals surface area contributed by atoms with E-state index in [-0.39, 0.29) is 13.2 Å². The van der Waals surface area contributed by atoms with Crippen LogP contribution in [-0.2, 0) is 14.2 Å². The predicted molar refractivity (Wildman–Crippen MR) is 64.1 cm³/mol. The van der Waals surface area contributed by atoms with Crippen molar-refractivity contribution < 1.29 is 24.4 Å². The molecule has 6 nitrogen and oxygen atoms in total. The minimum Gasteiger partial charge on any atom is -0.395 e. The molecule has 0 aliphatic rings. The van der Waals surface area contributed by atoms with Gasteiger partial charge in [-0.25, -0.2) is 0 Å². The topological polar surface area (TPSA) is 71.4 Å². The van der Waals surface area contributed by atoms with Gasteiger partial charge in [-0.1, -0.05) is 0 Å². The van der Waals surface area contributed by atoms with Gasteiger partial charge in [0.25, 0.3) is 0 Å². The van der Waals surface area contributed by atoms with Gasteiger partial charge in [-0.05, 0) is 0 Å². The molecule has 0 fully saturated rings. The number of rotatable bonds is 13. The zero-order valence-electron chi connectivity index (χ0n) is 10.6. The third kappa shape index (κ3) is 12.0. The Hall–Kier alpha value is -0.240. The first-order valence-corrected chi connectivity index (χ1v) is 5.93. The van der Waals surface area contributed by atoms with Crippen LogP contribution in [0.5, 0.6) is 0 Å². The summed E-state index contributed by atoms with van der Waals surface area (Å²) in [6.45, 7) is 4.90. The van der Waals surface area contributed by atoms with E-state index in [1.807, 2.05) is 4.90 Å². The third-order valence-electron chi connectivity index (χ3n) is 2.19. The Labute approximate surface area is 103 Å². The quantitative estimate of drug-likeness (QED) is 0.407. The van der Waals surface area contributed by atoms with Crippen LogP contribution in [0.2, 0.25) is 0 Å². The molecule has 0 radical (unpaired) electrons. The highest BCUT2D eigenvalue weighted by atomic mass is 16.5. The lowest BCUT2D eigenvalue weighted by atomic mass is 10.4. The van der Waals surface area contributed by atoms with Crippen molar-refractivity contribution >= 4 is 0 Å². The SMILES string of the molecule is COCCOCCOCCN(CCO)CCO. The summed E-state index contributed by atoms with van der Waals surface area (Å²) in [6, 6.07) is 0. The molecule has 0 aliphatic heterocycles. The van der Waals surface area contributed by atoms with E-state index in [4.69, 9.17) is 24.4 Å². The maximum Gasteiger partial charge on any atom is 0.0701 e. The number of hydrogen-bond acceptors (Lipinski definition) is 6. The van der Waals surface area contributed by atoms with E-state index in [9.17, 15) is 0 Å². The zero-order valence-corrected chi connectivity index (χ0v) is 10.6. The molecule has 0 unspecified atom stereocenters. The average Bonchev–Trinajstić information content (AvgIpc) is 2.33. The van der Waals surface area contributed by atoms with E-state index >= 15 is 0 Å². The molecule has 0 aromatic heterocycles. The molecule has 0 amide bonds. The van der Waals surface area contributed by atoms with Crippen LogP contribution in [0, 0.1) is 0 Å². The second-order valence-electron chi connectivity index (χ2n) is 3.51. The van der Waals surface area contributed by atoms with Crippen molar-refractivity contribution in [3.63, 3.8) is 0 Å². The number of methoxy groups -OCH3 is 1. The number of aliphatic hydroxyl groups excluding tert-OH is 2. The third-order valence-corrected chi connectivity index (χ3v) is 2.19. The standard InChI is InChI=1S/C11H25NO5/c1-15-8-9-17-11-10-16-7-4-12(2-5-13)3-6-14/h13-14H,2-11H2,1H3. The number of nitrogens with zero attached hydrogens (tertiary/aromatic N) is 1. The fourth-order valence-electron chi connectivity index (χ4n) is 1.28. The summed E-state index contributed by atoms with van der Waals surface area (Å²) in [7, 11) is 1.64. The average molecular weight is 251 g/mol. The number of hydrogen-bond donors (Lipinski definition) is 2. The van der Waals surface area contributed by atoms with Crippen molar-refractivity contribution in [3.05, 3.63) is 0 Å². The Balaban J connectivity index is 3.23.